The van der Waals surface area contributed by atoms with Crippen LogP contribution < -0.4 is 4.90 Å². The number of fused-ring (bicyclic) bond motifs is 1. The highest BCUT2D eigenvalue weighted by atomic mass is 19.1. The van der Waals surface area contributed by atoms with Gasteiger partial charge in [-0.15, -0.1) is 0 Å². The van der Waals surface area contributed by atoms with Gasteiger partial charge in [-0.1, -0.05) is 19.4 Å². The Morgan fingerprint density at radius 1 is 1.17 bits per heavy atom. The van der Waals surface area contributed by atoms with E-state index in [-0.39, 0.29) is 17.8 Å². The number of amides is 1. The van der Waals surface area contributed by atoms with E-state index >= 15 is 0 Å². The fourth-order valence-corrected chi connectivity index (χ4v) is 5.20. The van der Waals surface area contributed by atoms with Crippen LogP contribution in [0.5, 0.6) is 0 Å². The molecule has 3 aromatic rings. The molecule has 190 valence electrons. The van der Waals surface area contributed by atoms with Crippen molar-refractivity contribution >= 4 is 22.5 Å². The van der Waals surface area contributed by atoms with Crippen LogP contribution >= 0.6 is 0 Å². The van der Waals surface area contributed by atoms with Crippen LogP contribution in [0, 0.1) is 17.1 Å². The summed E-state index contributed by atoms with van der Waals surface area (Å²) in [4.78, 5) is 23.1. The van der Waals surface area contributed by atoms with Crippen molar-refractivity contribution in [3.05, 3.63) is 65.6 Å². The van der Waals surface area contributed by atoms with Gasteiger partial charge >= 0.3 is 0 Å². The van der Waals surface area contributed by atoms with Crippen LogP contribution in [0.4, 0.5) is 10.1 Å². The Hall–Kier alpha value is -3.21. The second kappa shape index (κ2) is 12.2. The largest absolute Gasteiger partial charge is 0.361 e. The average Bonchev–Trinajstić information content (AvgIpc) is 3.27. The summed E-state index contributed by atoms with van der Waals surface area (Å²) in [6, 6.07) is 14.4. The molecule has 7 heteroatoms. The molecule has 1 unspecified atom stereocenters. The van der Waals surface area contributed by atoms with Gasteiger partial charge in [0.05, 0.1) is 18.2 Å². The summed E-state index contributed by atoms with van der Waals surface area (Å²) in [6.45, 7) is 9.08. The number of H-pyrrole nitrogens is 1. The van der Waals surface area contributed by atoms with Crippen molar-refractivity contribution in [2.24, 2.45) is 0 Å². The molecule has 2 heterocycles. The highest BCUT2D eigenvalue weighted by Gasteiger charge is 2.26. The standard InChI is InChI=1S/C29H36FN5O/c1-3-6-22(2)35(26-9-4-8-25(30)18-26)29(36)21-34-15-13-33(14-16-34)12-5-7-24-20-32-28-11-10-23(19-31)17-27(24)28/h4,8-11,17-18,20,22,32H,3,5-7,12-16,21H2,1-2H3. The van der Waals surface area contributed by atoms with Gasteiger partial charge in [-0.3, -0.25) is 9.69 Å². The molecule has 1 N–H and O–H groups in total. The number of nitrogens with zero attached hydrogens (tertiary/aromatic N) is 4. The van der Waals surface area contributed by atoms with E-state index in [1.165, 1.54) is 17.7 Å². The molecule has 1 saturated heterocycles. The smallest absolute Gasteiger partial charge is 0.241 e. The minimum Gasteiger partial charge on any atom is -0.361 e. The number of halogens is 1. The molecule has 2 aromatic carbocycles. The number of anilines is 1. The minimum atomic E-state index is -0.319. The summed E-state index contributed by atoms with van der Waals surface area (Å²) in [6.07, 6.45) is 5.91. The normalized spacial score (nSPS) is 15.6. The van der Waals surface area contributed by atoms with E-state index in [9.17, 15) is 14.4 Å². The molecule has 1 aromatic heterocycles. The number of hydrogen-bond donors (Lipinski definition) is 1. The van der Waals surface area contributed by atoms with E-state index in [0.29, 0.717) is 17.8 Å². The number of aryl methyl sites for hydroxylation is 1. The second-order valence-corrected chi connectivity index (χ2v) is 9.79. The van der Waals surface area contributed by atoms with Crippen molar-refractivity contribution < 1.29 is 9.18 Å². The molecule has 4 rings (SSSR count). The van der Waals surface area contributed by atoms with Crippen molar-refractivity contribution in [2.45, 2.75) is 45.6 Å². The Kier molecular flexibility index (Phi) is 8.74. The Labute approximate surface area is 213 Å². The van der Waals surface area contributed by atoms with Gasteiger partial charge in [-0.2, -0.15) is 5.26 Å². The third-order valence-electron chi connectivity index (χ3n) is 7.14. The number of nitrogens with one attached hydrogen (secondary N) is 1. The van der Waals surface area contributed by atoms with Gasteiger partial charge in [0.15, 0.2) is 0 Å². The number of carbonyl (C=O) groups is 1. The van der Waals surface area contributed by atoms with Crippen LogP contribution in [0.1, 0.15) is 44.2 Å². The Morgan fingerprint density at radius 2 is 1.94 bits per heavy atom. The number of nitriles is 1. The fraction of sp³-hybridized carbons (Fsp3) is 0.448. The number of rotatable bonds is 10. The van der Waals surface area contributed by atoms with E-state index in [4.69, 9.17) is 0 Å². The SMILES string of the molecule is CCCC(C)N(C(=O)CN1CCN(CCCc2c[nH]c3ccc(C#N)cc23)CC1)c1cccc(F)c1. The summed E-state index contributed by atoms with van der Waals surface area (Å²) in [5, 5.41) is 10.3. The van der Waals surface area contributed by atoms with Gasteiger partial charge in [-0.25, -0.2) is 4.39 Å². The molecular formula is C29H36FN5O. The summed E-state index contributed by atoms with van der Waals surface area (Å²) in [5.74, 6) is -0.285. The molecule has 6 nitrogen and oxygen atoms in total. The van der Waals surface area contributed by atoms with Gasteiger partial charge in [0, 0.05) is 55.0 Å². The maximum absolute atomic E-state index is 13.9. The molecular weight excluding hydrogens is 453 g/mol. The maximum atomic E-state index is 13.9. The topological polar surface area (TPSA) is 66.4 Å². The summed E-state index contributed by atoms with van der Waals surface area (Å²) < 4.78 is 13.9. The molecule has 1 atom stereocenters. The van der Waals surface area contributed by atoms with Crippen molar-refractivity contribution in [3.63, 3.8) is 0 Å². The number of benzene rings is 2. The van der Waals surface area contributed by atoms with Crippen molar-refractivity contribution in [1.82, 2.24) is 14.8 Å². The summed E-state index contributed by atoms with van der Waals surface area (Å²) in [5.41, 5.74) is 3.65. The minimum absolute atomic E-state index is 0.0272. The van der Waals surface area contributed by atoms with E-state index in [1.807, 2.05) is 31.2 Å². The monoisotopic (exact) mass is 489 g/mol. The van der Waals surface area contributed by atoms with Gasteiger partial charge in [0.25, 0.3) is 0 Å². The van der Waals surface area contributed by atoms with E-state index in [1.54, 1.807) is 11.0 Å². The number of carbonyl (C=O) groups excluding carboxylic acids is 1. The molecule has 0 radical (unpaired) electrons. The first kappa shape index (κ1) is 25.9. The lowest BCUT2D eigenvalue weighted by molar-refractivity contribution is -0.120. The van der Waals surface area contributed by atoms with Crippen molar-refractivity contribution in [1.29, 1.82) is 5.26 Å². The lowest BCUT2D eigenvalue weighted by atomic mass is 10.1. The first-order chi connectivity index (χ1) is 17.5. The third-order valence-corrected chi connectivity index (χ3v) is 7.14. The highest BCUT2D eigenvalue weighted by Crippen LogP contribution is 2.23. The highest BCUT2D eigenvalue weighted by molar-refractivity contribution is 5.95. The van der Waals surface area contributed by atoms with Crippen molar-refractivity contribution in [3.8, 4) is 6.07 Å². The van der Waals surface area contributed by atoms with Gasteiger partial charge < -0.3 is 14.8 Å². The number of aromatic amines is 1. The van der Waals surface area contributed by atoms with Crippen LogP contribution in [0.3, 0.4) is 0 Å². The molecule has 1 amide bonds. The number of piperazine rings is 1. The van der Waals surface area contributed by atoms with E-state index in [0.717, 1.165) is 69.3 Å². The van der Waals surface area contributed by atoms with Crippen LogP contribution in [-0.2, 0) is 11.2 Å². The first-order valence-electron chi connectivity index (χ1n) is 13.0. The predicted molar refractivity (Wildman–Crippen MR) is 142 cm³/mol. The molecule has 0 spiro atoms. The van der Waals surface area contributed by atoms with Gasteiger partial charge in [-0.05, 0) is 74.7 Å². The third kappa shape index (κ3) is 6.31. The fourth-order valence-electron chi connectivity index (χ4n) is 5.20. The van der Waals surface area contributed by atoms with Gasteiger partial charge in [0.1, 0.15) is 5.82 Å². The summed E-state index contributed by atoms with van der Waals surface area (Å²) >= 11 is 0. The zero-order valence-corrected chi connectivity index (χ0v) is 21.3. The first-order valence-corrected chi connectivity index (χ1v) is 13.0. The zero-order valence-electron chi connectivity index (χ0n) is 21.3. The van der Waals surface area contributed by atoms with Crippen molar-refractivity contribution in [2.75, 3.05) is 44.2 Å². The van der Waals surface area contributed by atoms with Crippen LogP contribution in [-0.4, -0.2) is 66.0 Å². The Bertz CT molecular complexity index is 1210. The maximum Gasteiger partial charge on any atom is 0.241 e. The average molecular weight is 490 g/mol. The molecule has 0 aliphatic carbocycles. The van der Waals surface area contributed by atoms with Crippen LogP contribution in [0.25, 0.3) is 10.9 Å². The Balaban J connectivity index is 1.27. The lowest BCUT2D eigenvalue weighted by Gasteiger charge is -2.36. The van der Waals surface area contributed by atoms with Gasteiger partial charge in [0.2, 0.25) is 5.91 Å². The van der Waals surface area contributed by atoms with Crippen LogP contribution in [0.2, 0.25) is 0 Å². The van der Waals surface area contributed by atoms with E-state index < -0.39 is 0 Å². The summed E-state index contributed by atoms with van der Waals surface area (Å²) in [7, 11) is 0. The predicted octanol–water partition coefficient (Wildman–Crippen LogP) is 4.95. The molecule has 0 saturated carbocycles. The molecule has 36 heavy (non-hydrogen) atoms. The molecule has 1 aliphatic rings. The lowest BCUT2D eigenvalue weighted by Crippen LogP contribution is -2.51. The zero-order chi connectivity index (χ0) is 25.5. The van der Waals surface area contributed by atoms with E-state index in [2.05, 4.69) is 34.0 Å². The second-order valence-electron chi connectivity index (χ2n) is 9.79. The molecule has 0 bridgehead atoms. The molecule has 1 aliphatic heterocycles. The number of aromatic nitrogens is 1. The number of hydrogen-bond acceptors (Lipinski definition) is 4. The van der Waals surface area contributed by atoms with Crippen LogP contribution in [0.15, 0.2) is 48.7 Å². The Morgan fingerprint density at radius 3 is 2.67 bits per heavy atom. The quantitative estimate of drug-likeness (QED) is 0.438. The molecule has 1 fully saturated rings.